The molecule has 0 fully saturated rings. The first-order valence-electron chi connectivity index (χ1n) is 5.88. The van der Waals surface area contributed by atoms with Crippen molar-refractivity contribution in [2.24, 2.45) is 5.73 Å². The minimum Gasteiger partial charge on any atom is -0.468 e. The number of nitrogens with two attached hydrogens (primary N) is 1. The van der Waals surface area contributed by atoms with Crippen molar-refractivity contribution in [1.29, 1.82) is 0 Å². The van der Waals surface area contributed by atoms with Crippen molar-refractivity contribution in [3.8, 4) is 0 Å². The number of hydrogen-bond acceptors (Lipinski definition) is 3. The van der Waals surface area contributed by atoms with E-state index in [2.05, 4.69) is 0 Å². The molecule has 0 radical (unpaired) electrons. The summed E-state index contributed by atoms with van der Waals surface area (Å²) in [6, 6.07) is 9.09. The van der Waals surface area contributed by atoms with Gasteiger partial charge in [-0.2, -0.15) is 0 Å². The molecule has 0 aliphatic carbocycles. The van der Waals surface area contributed by atoms with Gasteiger partial charge in [-0.3, -0.25) is 4.90 Å². The molecule has 96 valence electrons. The van der Waals surface area contributed by atoms with E-state index in [-0.39, 0.29) is 12.4 Å². The predicted octanol–water partition coefficient (Wildman–Crippen LogP) is 2.51. The highest BCUT2D eigenvalue weighted by Crippen LogP contribution is 2.15. The van der Waals surface area contributed by atoms with E-state index in [1.807, 2.05) is 30.1 Å². The van der Waals surface area contributed by atoms with Gasteiger partial charge in [-0.15, -0.1) is 0 Å². The third-order valence-electron chi connectivity index (χ3n) is 2.82. The molecule has 3 nitrogen and oxygen atoms in total. The second kappa shape index (κ2) is 5.80. The summed E-state index contributed by atoms with van der Waals surface area (Å²) in [7, 11) is 1.93. The maximum atomic E-state index is 14.0. The van der Waals surface area contributed by atoms with Crippen LogP contribution in [0.4, 0.5) is 4.39 Å². The smallest absolute Gasteiger partial charge is 0.132 e. The molecule has 4 heteroatoms. The number of benzene rings is 1. The molecular weight excluding hydrogens is 231 g/mol. The first-order valence-corrected chi connectivity index (χ1v) is 5.88. The van der Waals surface area contributed by atoms with Gasteiger partial charge in [0, 0.05) is 24.2 Å². The summed E-state index contributed by atoms with van der Waals surface area (Å²) in [4.78, 5) is 2.00. The fraction of sp³-hybridized carbons (Fsp3) is 0.286. The van der Waals surface area contributed by atoms with Gasteiger partial charge in [0.1, 0.15) is 11.6 Å². The Balaban J connectivity index is 2.05. The van der Waals surface area contributed by atoms with Crippen LogP contribution in [0, 0.1) is 5.82 Å². The maximum absolute atomic E-state index is 14.0. The number of hydrogen-bond donors (Lipinski definition) is 1. The average Bonchev–Trinajstić information content (AvgIpc) is 2.84. The van der Waals surface area contributed by atoms with Gasteiger partial charge in [-0.1, -0.05) is 18.2 Å². The predicted molar refractivity (Wildman–Crippen MR) is 68.2 cm³/mol. The van der Waals surface area contributed by atoms with E-state index < -0.39 is 0 Å². The Labute approximate surface area is 106 Å². The molecule has 0 aliphatic rings. The van der Waals surface area contributed by atoms with Crippen LogP contribution in [0.2, 0.25) is 0 Å². The summed E-state index contributed by atoms with van der Waals surface area (Å²) in [5.41, 5.74) is 6.71. The van der Waals surface area contributed by atoms with E-state index in [1.54, 1.807) is 18.4 Å². The van der Waals surface area contributed by atoms with Crippen molar-refractivity contribution >= 4 is 0 Å². The molecule has 18 heavy (non-hydrogen) atoms. The third-order valence-corrected chi connectivity index (χ3v) is 2.82. The van der Waals surface area contributed by atoms with Gasteiger partial charge >= 0.3 is 0 Å². The van der Waals surface area contributed by atoms with Gasteiger partial charge in [0.05, 0.1) is 12.8 Å². The molecule has 0 spiro atoms. The summed E-state index contributed by atoms with van der Waals surface area (Å²) >= 11 is 0. The number of nitrogens with zero attached hydrogens (tertiary/aromatic N) is 1. The zero-order chi connectivity index (χ0) is 13.0. The Hall–Kier alpha value is -1.65. The highest BCUT2D eigenvalue weighted by molar-refractivity contribution is 5.25. The zero-order valence-corrected chi connectivity index (χ0v) is 10.4. The van der Waals surface area contributed by atoms with Crippen molar-refractivity contribution in [3.63, 3.8) is 0 Å². The van der Waals surface area contributed by atoms with E-state index >= 15 is 0 Å². The normalized spacial score (nSPS) is 11.1. The topological polar surface area (TPSA) is 42.4 Å². The Morgan fingerprint density at radius 3 is 2.61 bits per heavy atom. The molecule has 0 aliphatic heterocycles. The summed E-state index contributed by atoms with van der Waals surface area (Å²) in [5, 5.41) is 0. The highest BCUT2D eigenvalue weighted by atomic mass is 19.1. The summed E-state index contributed by atoms with van der Waals surface area (Å²) < 4.78 is 19.2. The zero-order valence-electron chi connectivity index (χ0n) is 10.4. The molecule has 0 saturated carbocycles. The standard InChI is InChI=1S/C14H17FN2O/c1-17(10-13-6-3-7-18-13)9-12-5-2-4-11(8-16)14(12)15/h2-7H,8-10,16H2,1H3. The van der Waals surface area contributed by atoms with Crippen molar-refractivity contribution in [1.82, 2.24) is 4.90 Å². The van der Waals surface area contributed by atoms with Crippen LogP contribution in [-0.4, -0.2) is 11.9 Å². The molecule has 1 aromatic heterocycles. The molecule has 0 amide bonds. The Morgan fingerprint density at radius 1 is 1.17 bits per heavy atom. The lowest BCUT2D eigenvalue weighted by molar-refractivity contribution is 0.283. The van der Waals surface area contributed by atoms with E-state index in [9.17, 15) is 4.39 Å². The van der Waals surface area contributed by atoms with Crippen LogP contribution >= 0.6 is 0 Å². The van der Waals surface area contributed by atoms with Crippen LogP contribution in [0.5, 0.6) is 0 Å². The first kappa shape index (κ1) is 12.8. The second-order valence-electron chi connectivity index (χ2n) is 4.35. The molecule has 2 aromatic rings. The van der Waals surface area contributed by atoms with Crippen molar-refractivity contribution in [3.05, 3.63) is 59.3 Å². The number of furan rings is 1. The maximum Gasteiger partial charge on any atom is 0.132 e. The lowest BCUT2D eigenvalue weighted by Gasteiger charge is -2.16. The highest BCUT2D eigenvalue weighted by Gasteiger charge is 2.10. The molecule has 1 aromatic carbocycles. The van der Waals surface area contributed by atoms with Crippen LogP contribution in [0.3, 0.4) is 0 Å². The van der Waals surface area contributed by atoms with Crippen molar-refractivity contribution in [2.45, 2.75) is 19.6 Å². The quantitative estimate of drug-likeness (QED) is 0.884. The average molecular weight is 248 g/mol. The van der Waals surface area contributed by atoms with E-state index in [0.717, 1.165) is 5.76 Å². The van der Waals surface area contributed by atoms with Crippen molar-refractivity contribution in [2.75, 3.05) is 7.05 Å². The molecular formula is C14H17FN2O. The molecule has 0 bridgehead atoms. The number of rotatable bonds is 5. The van der Waals surface area contributed by atoms with Crippen LogP contribution in [0.25, 0.3) is 0 Å². The SMILES string of the molecule is CN(Cc1ccco1)Cc1cccc(CN)c1F. The van der Waals surface area contributed by atoms with Crippen LogP contribution in [0.1, 0.15) is 16.9 Å². The fourth-order valence-electron chi connectivity index (χ4n) is 1.93. The lowest BCUT2D eigenvalue weighted by atomic mass is 10.1. The molecule has 1 heterocycles. The van der Waals surface area contributed by atoms with Gasteiger partial charge < -0.3 is 10.2 Å². The molecule has 0 saturated heterocycles. The molecule has 0 unspecified atom stereocenters. The summed E-state index contributed by atoms with van der Waals surface area (Å²) in [5.74, 6) is 0.666. The van der Waals surface area contributed by atoms with Crippen LogP contribution in [-0.2, 0) is 19.6 Å². The van der Waals surface area contributed by atoms with Gasteiger partial charge in [-0.05, 0) is 19.2 Å². The Morgan fingerprint density at radius 2 is 1.94 bits per heavy atom. The van der Waals surface area contributed by atoms with Gasteiger partial charge in [0.2, 0.25) is 0 Å². The van der Waals surface area contributed by atoms with Crippen LogP contribution in [0.15, 0.2) is 41.0 Å². The monoisotopic (exact) mass is 248 g/mol. The Kier molecular flexibility index (Phi) is 4.12. The first-order chi connectivity index (χ1) is 8.70. The molecule has 2 rings (SSSR count). The fourth-order valence-corrected chi connectivity index (χ4v) is 1.93. The molecule has 2 N–H and O–H groups in total. The third kappa shape index (κ3) is 2.97. The molecule has 0 atom stereocenters. The van der Waals surface area contributed by atoms with E-state index in [4.69, 9.17) is 10.2 Å². The second-order valence-corrected chi connectivity index (χ2v) is 4.35. The Bertz CT molecular complexity index is 497. The van der Waals surface area contributed by atoms with Gasteiger partial charge in [-0.25, -0.2) is 4.39 Å². The van der Waals surface area contributed by atoms with Gasteiger partial charge in [0.25, 0.3) is 0 Å². The minimum absolute atomic E-state index is 0.203. The largest absolute Gasteiger partial charge is 0.468 e. The van der Waals surface area contributed by atoms with Gasteiger partial charge in [0.15, 0.2) is 0 Å². The van der Waals surface area contributed by atoms with Crippen molar-refractivity contribution < 1.29 is 8.81 Å². The summed E-state index contributed by atoms with van der Waals surface area (Å²) in [6.45, 7) is 1.40. The minimum atomic E-state index is -0.203. The van der Waals surface area contributed by atoms with Crippen LogP contribution < -0.4 is 5.73 Å². The number of halogens is 1. The summed E-state index contributed by atoms with van der Waals surface area (Å²) in [6.07, 6.45) is 1.64. The lowest BCUT2D eigenvalue weighted by Crippen LogP contribution is -2.18. The van der Waals surface area contributed by atoms with E-state index in [0.29, 0.717) is 24.2 Å². The van der Waals surface area contributed by atoms with E-state index in [1.165, 1.54) is 0 Å².